The summed E-state index contributed by atoms with van der Waals surface area (Å²) in [5.74, 6) is -0.467. The minimum absolute atomic E-state index is 0.0817. The molecule has 1 aliphatic rings. The summed E-state index contributed by atoms with van der Waals surface area (Å²) >= 11 is 1.02. The van der Waals surface area contributed by atoms with Crippen LogP contribution in [0.1, 0.15) is 25.1 Å². The fourth-order valence-corrected chi connectivity index (χ4v) is 2.08. The lowest BCUT2D eigenvalue weighted by Crippen LogP contribution is -2.37. The van der Waals surface area contributed by atoms with Crippen molar-refractivity contribution in [3.8, 4) is 0 Å². The Bertz CT molecular complexity index is 383. The maximum Gasteiger partial charge on any atom is 0.314 e. The first kappa shape index (κ1) is 11.4. The van der Waals surface area contributed by atoms with E-state index in [1.54, 1.807) is 7.11 Å². The second-order valence-electron chi connectivity index (χ2n) is 3.62. The molecule has 1 N–H and O–H groups in total. The van der Waals surface area contributed by atoms with Crippen LogP contribution in [0, 0.1) is 0 Å². The van der Waals surface area contributed by atoms with Crippen molar-refractivity contribution in [3.63, 3.8) is 0 Å². The van der Waals surface area contributed by atoms with Crippen LogP contribution in [0.25, 0.3) is 0 Å². The van der Waals surface area contributed by atoms with Gasteiger partial charge in [0.15, 0.2) is 0 Å². The molecule has 0 unspecified atom stereocenters. The second kappa shape index (κ2) is 4.42. The molecule has 0 radical (unpaired) electrons. The van der Waals surface area contributed by atoms with Crippen molar-refractivity contribution in [3.05, 3.63) is 5.82 Å². The van der Waals surface area contributed by atoms with Crippen molar-refractivity contribution in [1.29, 1.82) is 0 Å². The van der Waals surface area contributed by atoms with E-state index in [4.69, 9.17) is 14.4 Å². The van der Waals surface area contributed by atoms with Crippen molar-refractivity contribution in [1.82, 2.24) is 10.1 Å². The molecule has 0 amide bonds. The average Bonchev–Trinajstić information content (AvgIpc) is 2.63. The molecule has 1 fully saturated rings. The highest BCUT2D eigenvalue weighted by Crippen LogP contribution is 2.43. The van der Waals surface area contributed by atoms with Crippen LogP contribution in [0.3, 0.4) is 0 Å². The number of nitrogens with zero attached hydrogens (tertiary/aromatic N) is 2. The molecule has 1 aliphatic carbocycles. The molecule has 88 valence electrons. The number of hydrogen-bond donors (Lipinski definition) is 1. The topological polar surface area (TPSA) is 85.5 Å². The molecular weight excluding hydrogens is 232 g/mol. The molecule has 0 atom stereocenters. The largest absolute Gasteiger partial charge is 0.481 e. The summed E-state index contributed by atoms with van der Waals surface area (Å²) in [5.41, 5.74) is -0.411. The molecule has 0 aromatic carbocycles. The fraction of sp³-hybridized carbons (Fsp3) is 0.667. The first-order valence-corrected chi connectivity index (χ1v) is 5.89. The van der Waals surface area contributed by atoms with Gasteiger partial charge in [0.2, 0.25) is 5.82 Å². The van der Waals surface area contributed by atoms with Crippen molar-refractivity contribution >= 4 is 17.7 Å². The molecule has 16 heavy (non-hydrogen) atoms. The molecule has 1 aromatic heterocycles. The number of aromatic nitrogens is 2. The number of carboxylic acid groups (broad SMARTS) is 1. The highest BCUT2D eigenvalue weighted by atomic mass is 32.2. The van der Waals surface area contributed by atoms with E-state index in [0.717, 1.165) is 31.0 Å². The molecule has 6 nitrogen and oxygen atoms in total. The van der Waals surface area contributed by atoms with E-state index in [0.29, 0.717) is 5.82 Å². The zero-order chi connectivity index (χ0) is 11.6. The van der Waals surface area contributed by atoms with Crippen LogP contribution in [0.4, 0.5) is 0 Å². The SMILES string of the molecule is COC1(c2noc(SCC(=O)O)n2)CCC1. The molecular formula is C9H12N2O4S. The van der Waals surface area contributed by atoms with Gasteiger partial charge in [-0.15, -0.1) is 0 Å². The summed E-state index contributed by atoms with van der Waals surface area (Å²) in [6.45, 7) is 0. The molecule has 0 aliphatic heterocycles. The Labute approximate surface area is 96.4 Å². The highest BCUT2D eigenvalue weighted by molar-refractivity contribution is 7.99. The third kappa shape index (κ3) is 2.05. The van der Waals surface area contributed by atoms with Crippen LogP contribution in [0.2, 0.25) is 0 Å². The van der Waals surface area contributed by atoms with E-state index in [2.05, 4.69) is 10.1 Å². The lowest BCUT2D eigenvalue weighted by molar-refractivity contribution is -0.133. The van der Waals surface area contributed by atoms with Gasteiger partial charge in [-0.3, -0.25) is 4.79 Å². The van der Waals surface area contributed by atoms with Gasteiger partial charge < -0.3 is 14.4 Å². The van der Waals surface area contributed by atoms with Crippen LogP contribution < -0.4 is 0 Å². The molecule has 2 rings (SSSR count). The molecule has 7 heteroatoms. The van der Waals surface area contributed by atoms with Crippen LogP contribution >= 0.6 is 11.8 Å². The molecule has 0 spiro atoms. The number of aliphatic carboxylic acids is 1. The van der Waals surface area contributed by atoms with Crippen molar-refractivity contribution in [2.75, 3.05) is 12.9 Å². The van der Waals surface area contributed by atoms with Crippen LogP contribution in [-0.2, 0) is 15.1 Å². The third-order valence-electron chi connectivity index (χ3n) is 2.69. The highest BCUT2D eigenvalue weighted by Gasteiger charge is 2.43. The first-order chi connectivity index (χ1) is 7.66. The Morgan fingerprint density at radius 3 is 2.94 bits per heavy atom. The maximum atomic E-state index is 10.4. The predicted molar refractivity (Wildman–Crippen MR) is 55.2 cm³/mol. The van der Waals surface area contributed by atoms with E-state index in [1.165, 1.54) is 0 Å². The Hall–Kier alpha value is -1.08. The van der Waals surface area contributed by atoms with Gasteiger partial charge in [-0.05, 0) is 19.3 Å². The zero-order valence-electron chi connectivity index (χ0n) is 8.80. The average molecular weight is 244 g/mol. The van der Waals surface area contributed by atoms with Crippen molar-refractivity contribution < 1.29 is 19.2 Å². The van der Waals surface area contributed by atoms with E-state index in [-0.39, 0.29) is 11.0 Å². The first-order valence-electron chi connectivity index (χ1n) is 4.90. The lowest BCUT2D eigenvalue weighted by Gasteiger charge is -2.37. The van der Waals surface area contributed by atoms with E-state index < -0.39 is 11.6 Å². The van der Waals surface area contributed by atoms with Crippen LogP contribution in [-0.4, -0.2) is 34.1 Å². The number of thioether (sulfide) groups is 1. The standard InChI is InChI=1S/C9H12N2O4S/c1-14-9(3-2-4-9)7-10-8(15-11-7)16-5-6(12)13/h2-5H2,1H3,(H,12,13). The lowest BCUT2D eigenvalue weighted by atomic mass is 9.79. The number of ether oxygens (including phenoxy) is 1. The number of carboxylic acids is 1. The molecule has 1 saturated carbocycles. The van der Waals surface area contributed by atoms with Gasteiger partial charge in [0.05, 0.1) is 0 Å². The summed E-state index contributed by atoms with van der Waals surface area (Å²) in [6.07, 6.45) is 2.85. The third-order valence-corrected chi connectivity index (χ3v) is 3.49. The normalized spacial score (nSPS) is 18.1. The van der Waals surface area contributed by atoms with Crippen LogP contribution in [0.15, 0.2) is 9.75 Å². The van der Waals surface area contributed by atoms with Gasteiger partial charge in [-0.2, -0.15) is 4.98 Å². The van der Waals surface area contributed by atoms with Gasteiger partial charge >= 0.3 is 5.97 Å². The predicted octanol–water partition coefficient (Wildman–Crippen LogP) is 1.27. The summed E-state index contributed by atoms with van der Waals surface area (Å²) in [6, 6.07) is 0. The quantitative estimate of drug-likeness (QED) is 0.780. The fourth-order valence-electron chi connectivity index (χ4n) is 1.59. The van der Waals surface area contributed by atoms with Gasteiger partial charge in [0.1, 0.15) is 11.4 Å². The van der Waals surface area contributed by atoms with Gasteiger partial charge in [-0.25, -0.2) is 0 Å². The molecule has 1 heterocycles. The Balaban J connectivity index is 2.04. The summed E-state index contributed by atoms with van der Waals surface area (Å²) in [5, 5.41) is 12.6. The summed E-state index contributed by atoms with van der Waals surface area (Å²) in [4.78, 5) is 14.5. The maximum absolute atomic E-state index is 10.4. The van der Waals surface area contributed by atoms with E-state index in [9.17, 15) is 4.79 Å². The summed E-state index contributed by atoms with van der Waals surface area (Å²) < 4.78 is 10.3. The number of rotatable bonds is 5. The monoisotopic (exact) mass is 244 g/mol. The second-order valence-corrected chi connectivity index (χ2v) is 4.54. The Morgan fingerprint density at radius 2 is 2.44 bits per heavy atom. The van der Waals surface area contributed by atoms with Crippen LogP contribution in [0.5, 0.6) is 0 Å². The van der Waals surface area contributed by atoms with Crippen molar-refractivity contribution in [2.45, 2.75) is 30.1 Å². The molecule has 0 bridgehead atoms. The summed E-state index contributed by atoms with van der Waals surface area (Å²) in [7, 11) is 1.62. The van der Waals surface area contributed by atoms with Crippen molar-refractivity contribution in [2.24, 2.45) is 0 Å². The molecule has 0 saturated heterocycles. The number of carbonyl (C=O) groups is 1. The van der Waals surface area contributed by atoms with Gasteiger partial charge in [-0.1, -0.05) is 16.9 Å². The minimum Gasteiger partial charge on any atom is -0.481 e. The molecule has 1 aromatic rings. The van der Waals surface area contributed by atoms with E-state index in [1.807, 2.05) is 0 Å². The number of hydrogen-bond acceptors (Lipinski definition) is 6. The number of methoxy groups -OCH3 is 1. The zero-order valence-corrected chi connectivity index (χ0v) is 9.62. The minimum atomic E-state index is -0.908. The van der Waals surface area contributed by atoms with Gasteiger partial charge in [0.25, 0.3) is 5.22 Å². The Kier molecular flexibility index (Phi) is 3.15. The smallest absolute Gasteiger partial charge is 0.314 e. The Morgan fingerprint density at radius 1 is 1.69 bits per heavy atom. The van der Waals surface area contributed by atoms with E-state index >= 15 is 0 Å². The van der Waals surface area contributed by atoms with Gasteiger partial charge in [0, 0.05) is 7.11 Å².